The van der Waals surface area contributed by atoms with Gasteiger partial charge in [0.05, 0.1) is 0 Å². The Morgan fingerprint density at radius 2 is 1.63 bits per heavy atom. The van der Waals surface area contributed by atoms with Crippen molar-refractivity contribution in [2.24, 2.45) is 0 Å². The number of H-pyrrole nitrogens is 1. The molecule has 0 aliphatic heterocycles. The minimum absolute atomic E-state index is 0.0635. The van der Waals surface area contributed by atoms with Gasteiger partial charge in [0, 0.05) is 21.4 Å². The number of nitrogens with one attached hydrogen (secondary N) is 1. The molecule has 3 aromatic rings. The van der Waals surface area contributed by atoms with Gasteiger partial charge in [-0.3, -0.25) is 4.79 Å². The van der Waals surface area contributed by atoms with Gasteiger partial charge in [-0.2, -0.15) is 0 Å². The average Bonchev–Trinajstić information content (AvgIpc) is 2.42. The van der Waals surface area contributed by atoms with Gasteiger partial charge in [-0.05, 0) is 48.7 Å². The summed E-state index contributed by atoms with van der Waals surface area (Å²) in [5.41, 5.74) is 2.08. The summed E-state index contributed by atoms with van der Waals surface area (Å²) in [5.74, 6) is 0. The molecule has 2 aromatic carbocycles. The fraction of sp³-hybridized carbons (Fsp3) is 0.0625. The van der Waals surface area contributed by atoms with E-state index < -0.39 is 0 Å². The molecule has 0 fully saturated rings. The third-order valence-corrected chi connectivity index (χ3v) is 3.95. The molecule has 3 heteroatoms. The summed E-state index contributed by atoms with van der Waals surface area (Å²) in [6.45, 7) is 2.08. The Labute approximate surface area is 115 Å². The zero-order valence-corrected chi connectivity index (χ0v) is 11.3. The first kappa shape index (κ1) is 12.1. The average molecular weight is 267 g/mol. The predicted molar refractivity (Wildman–Crippen MR) is 79.9 cm³/mol. The van der Waals surface area contributed by atoms with E-state index in [0.29, 0.717) is 0 Å². The highest BCUT2D eigenvalue weighted by molar-refractivity contribution is 7.99. The number of hydrogen-bond acceptors (Lipinski definition) is 2. The summed E-state index contributed by atoms with van der Waals surface area (Å²) in [6, 6.07) is 18.0. The summed E-state index contributed by atoms with van der Waals surface area (Å²) < 4.78 is 0. The van der Waals surface area contributed by atoms with E-state index in [1.807, 2.05) is 18.2 Å². The van der Waals surface area contributed by atoms with E-state index in [9.17, 15) is 4.79 Å². The molecule has 94 valence electrons. The lowest BCUT2D eigenvalue weighted by molar-refractivity contribution is 1.29. The number of benzene rings is 2. The van der Waals surface area contributed by atoms with Crippen molar-refractivity contribution in [3.8, 4) is 0 Å². The van der Waals surface area contributed by atoms with Crippen LogP contribution in [0.15, 0.2) is 69.2 Å². The van der Waals surface area contributed by atoms with Crippen LogP contribution in [0.25, 0.3) is 10.9 Å². The molecule has 0 aliphatic carbocycles. The first-order valence-electron chi connectivity index (χ1n) is 6.08. The van der Waals surface area contributed by atoms with Crippen LogP contribution < -0.4 is 5.56 Å². The lowest BCUT2D eigenvalue weighted by Crippen LogP contribution is -2.01. The predicted octanol–water partition coefficient (Wildman–Crippen LogP) is 3.99. The number of rotatable bonds is 2. The zero-order chi connectivity index (χ0) is 13.2. The summed E-state index contributed by atoms with van der Waals surface area (Å²) in [4.78, 5) is 16.4. The molecule has 0 aliphatic rings. The van der Waals surface area contributed by atoms with Gasteiger partial charge in [0.15, 0.2) is 0 Å². The number of pyridine rings is 1. The van der Waals surface area contributed by atoms with Crippen molar-refractivity contribution >= 4 is 22.7 Å². The summed E-state index contributed by atoms with van der Waals surface area (Å²) in [5, 5.41) is 1.05. The fourth-order valence-corrected chi connectivity index (χ4v) is 2.80. The van der Waals surface area contributed by atoms with Gasteiger partial charge in [0.1, 0.15) is 0 Å². The molecule has 0 bridgehead atoms. The minimum atomic E-state index is -0.0635. The van der Waals surface area contributed by atoms with Gasteiger partial charge in [-0.15, -0.1) is 0 Å². The molecule has 0 amide bonds. The maximum absolute atomic E-state index is 11.2. The maximum atomic E-state index is 11.2. The van der Waals surface area contributed by atoms with E-state index in [-0.39, 0.29) is 5.56 Å². The molecule has 0 unspecified atom stereocenters. The topological polar surface area (TPSA) is 32.9 Å². The largest absolute Gasteiger partial charge is 0.322 e. The van der Waals surface area contributed by atoms with E-state index in [1.165, 1.54) is 15.4 Å². The Kier molecular flexibility index (Phi) is 3.13. The highest BCUT2D eigenvalue weighted by Crippen LogP contribution is 2.29. The van der Waals surface area contributed by atoms with Crippen LogP contribution in [0.2, 0.25) is 0 Å². The number of aromatic amines is 1. The van der Waals surface area contributed by atoms with E-state index in [2.05, 4.69) is 42.2 Å². The third-order valence-electron chi connectivity index (χ3n) is 2.95. The van der Waals surface area contributed by atoms with E-state index in [0.717, 1.165) is 10.9 Å². The number of aryl methyl sites for hydroxylation is 1. The van der Waals surface area contributed by atoms with E-state index in [1.54, 1.807) is 17.8 Å². The fourth-order valence-electron chi connectivity index (χ4n) is 1.94. The molecule has 0 radical (unpaired) electrons. The van der Waals surface area contributed by atoms with Crippen molar-refractivity contribution in [2.75, 3.05) is 0 Å². The smallest absolute Gasteiger partial charge is 0.248 e. The van der Waals surface area contributed by atoms with Crippen LogP contribution in [0.5, 0.6) is 0 Å². The minimum Gasteiger partial charge on any atom is -0.322 e. The first-order valence-corrected chi connectivity index (χ1v) is 6.90. The van der Waals surface area contributed by atoms with Gasteiger partial charge in [0.2, 0.25) is 5.56 Å². The molecule has 1 heterocycles. The Balaban J connectivity index is 1.95. The normalized spacial score (nSPS) is 10.8. The summed E-state index contributed by atoms with van der Waals surface area (Å²) >= 11 is 1.72. The van der Waals surface area contributed by atoms with Gasteiger partial charge in [-0.1, -0.05) is 29.5 Å². The molecule has 0 spiro atoms. The van der Waals surface area contributed by atoms with E-state index >= 15 is 0 Å². The Morgan fingerprint density at radius 3 is 2.42 bits per heavy atom. The lowest BCUT2D eigenvalue weighted by Gasteiger charge is -2.04. The van der Waals surface area contributed by atoms with Gasteiger partial charge >= 0.3 is 0 Å². The molecule has 3 rings (SSSR count). The Bertz CT molecular complexity index is 775. The Morgan fingerprint density at radius 1 is 0.895 bits per heavy atom. The second kappa shape index (κ2) is 4.94. The molecule has 0 atom stereocenters. The molecule has 0 saturated heterocycles. The molecule has 1 aromatic heterocycles. The maximum Gasteiger partial charge on any atom is 0.248 e. The van der Waals surface area contributed by atoms with Crippen LogP contribution in [0, 0.1) is 6.92 Å². The van der Waals surface area contributed by atoms with Crippen molar-refractivity contribution in [1.82, 2.24) is 4.98 Å². The van der Waals surface area contributed by atoms with Crippen molar-refractivity contribution < 1.29 is 0 Å². The highest BCUT2D eigenvalue weighted by Gasteiger charge is 2.00. The molecule has 2 nitrogen and oxygen atoms in total. The van der Waals surface area contributed by atoms with Crippen molar-refractivity contribution in [3.63, 3.8) is 0 Å². The van der Waals surface area contributed by atoms with Crippen molar-refractivity contribution in [1.29, 1.82) is 0 Å². The van der Waals surface area contributed by atoms with Gasteiger partial charge < -0.3 is 4.98 Å². The molecule has 1 N–H and O–H groups in total. The van der Waals surface area contributed by atoms with Crippen LogP contribution in [0.1, 0.15) is 5.56 Å². The van der Waals surface area contributed by atoms with Gasteiger partial charge in [-0.25, -0.2) is 0 Å². The standard InChI is InChI=1S/C16H13NOS/c1-11-2-5-13(6-3-11)19-14-7-8-15-12(10-14)4-9-16(18)17-15/h2-10H,1H3,(H,17,18). The number of hydrogen-bond donors (Lipinski definition) is 1. The van der Waals surface area contributed by atoms with Crippen LogP contribution in [0.4, 0.5) is 0 Å². The number of aromatic nitrogens is 1. The molecule has 0 saturated carbocycles. The second-order valence-corrected chi connectivity index (χ2v) is 5.63. The van der Waals surface area contributed by atoms with Crippen LogP contribution in [-0.4, -0.2) is 4.98 Å². The van der Waals surface area contributed by atoms with Crippen LogP contribution >= 0.6 is 11.8 Å². The summed E-state index contributed by atoms with van der Waals surface area (Å²) in [7, 11) is 0. The monoisotopic (exact) mass is 267 g/mol. The molecular formula is C16H13NOS. The van der Waals surface area contributed by atoms with Crippen LogP contribution in [-0.2, 0) is 0 Å². The zero-order valence-electron chi connectivity index (χ0n) is 10.5. The molecular weight excluding hydrogens is 254 g/mol. The number of fused-ring (bicyclic) bond motifs is 1. The first-order chi connectivity index (χ1) is 9.20. The second-order valence-electron chi connectivity index (χ2n) is 4.49. The Hall–Kier alpha value is -2.00. The van der Waals surface area contributed by atoms with Crippen molar-refractivity contribution in [2.45, 2.75) is 16.7 Å². The van der Waals surface area contributed by atoms with Crippen LogP contribution in [0.3, 0.4) is 0 Å². The van der Waals surface area contributed by atoms with Gasteiger partial charge in [0.25, 0.3) is 0 Å². The van der Waals surface area contributed by atoms with Crippen molar-refractivity contribution in [3.05, 3.63) is 70.5 Å². The lowest BCUT2D eigenvalue weighted by atomic mass is 10.2. The SMILES string of the molecule is Cc1ccc(Sc2ccc3[nH]c(=O)ccc3c2)cc1. The van der Waals surface area contributed by atoms with E-state index in [4.69, 9.17) is 0 Å². The summed E-state index contributed by atoms with van der Waals surface area (Å²) in [6.07, 6.45) is 0. The highest BCUT2D eigenvalue weighted by atomic mass is 32.2. The third kappa shape index (κ3) is 2.71. The molecule has 19 heavy (non-hydrogen) atoms. The quantitative estimate of drug-likeness (QED) is 0.761.